The van der Waals surface area contributed by atoms with Crippen LogP contribution < -0.4 is 15.0 Å². The molecule has 0 atom stereocenters. The van der Waals surface area contributed by atoms with Gasteiger partial charge in [-0.3, -0.25) is 0 Å². The molecule has 0 aliphatic carbocycles. The minimum atomic E-state index is 0.643. The summed E-state index contributed by atoms with van der Waals surface area (Å²) in [5, 5.41) is 3.27. The van der Waals surface area contributed by atoms with Crippen molar-refractivity contribution in [1.82, 2.24) is 9.97 Å². The molecule has 21 heavy (non-hydrogen) atoms. The quantitative estimate of drug-likeness (QED) is 0.806. The van der Waals surface area contributed by atoms with E-state index in [0.29, 0.717) is 12.3 Å². The highest BCUT2D eigenvalue weighted by Crippen LogP contribution is 2.32. The number of rotatable bonds is 8. The lowest BCUT2D eigenvalue weighted by molar-refractivity contribution is 0.411. The highest BCUT2D eigenvalue weighted by molar-refractivity contribution is 5.64. The largest absolute Gasteiger partial charge is 0.490 e. The van der Waals surface area contributed by atoms with Crippen LogP contribution in [0.5, 0.6) is 5.75 Å². The normalized spacial score (nSPS) is 10.4. The van der Waals surface area contributed by atoms with E-state index in [2.05, 4.69) is 34.0 Å². The minimum absolute atomic E-state index is 0.643. The second kappa shape index (κ2) is 7.52. The molecule has 0 saturated heterocycles. The summed E-state index contributed by atoms with van der Waals surface area (Å²) in [6.45, 7) is 6.46. The summed E-state index contributed by atoms with van der Waals surface area (Å²) in [7, 11) is 1.64. The number of nitrogens with zero attached hydrogens (tertiary/aromatic N) is 3. The van der Waals surface area contributed by atoms with Crippen molar-refractivity contribution in [2.75, 3.05) is 30.4 Å². The molecule has 0 saturated carbocycles. The lowest BCUT2D eigenvalue weighted by Crippen LogP contribution is -2.24. The van der Waals surface area contributed by atoms with Gasteiger partial charge in [-0.15, -0.1) is 0 Å². The summed E-state index contributed by atoms with van der Waals surface area (Å²) in [4.78, 5) is 10.7. The molecule has 0 bridgehead atoms. The van der Waals surface area contributed by atoms with Crippen molar-refractivity contribution in [2.24, 2.45) is 0 Å². The maximum Gasteiger partial charge on any atom is 0.204 e. The third-order valence-electron chi connectivity index (χ3n) is 3.14. The predicted octanol–water partition coefficient (Wildman–Crippen LogP) is 2.93. The van der Waals surface area contributed by atoms with E-state index in [0.717, 1.165) is 36.9 Å². The third kappa shape index (κ3) is 3.65. The van der Waals surface area contributed by atoms with Gasteiger partial charge in [0.1, 0.15) is 12.1 Å². The predicted molar refractivity (Wildman–Crippen MR) is 82.8 cm³/mol. The van der Waals surface area contributed by atoms with E-state index in [4.69, 9.17) is 9.15 Å². The van der Waals surface area contributed by atoms with Crippen molar-refractivity contribution in [1.29, 1.82) is 0 Å². The number of hydrogen-bond donors (Lipinski definition) is 1. The van der Waals surface area contributed by atoms with E-state index in [1.54, 1.807) is 19.7 Å². The van der Waals surface area contributed by atoms with E-state index in [1.807, 2.05) is 12.1 Å². The first-order valence-corrected chi connectivity index (χ1v) is 7.20. The Morgan fingerprint density at radius 1 is 1.33 bits per heavy atom. The Bertz CT molecular complexity index is 543. The first-order chi connectivity index (χ1) is 10.3. The molecule has 0 amide bonds. The Morgan fingerprint density at radius 3 is 2.81 bits per heavy atom. The van der Waals surface area contributed by atoms with Crippen LogP contribution in [0.2, 0.25) is 0 Å². The van der Waals surface area contributed by atoms with E-state index in [9.17, 15) is 0 Å². The summed E-state index contributed by atoms with van der Waals surface area (Å²) in [6.07, 6.45) is 4.25. The van der Waals surface area contributed by atoms with Gasteiger partial charge in [-0.1, -0.05) is 6.92 Å². The Balaban J connectivity index is 2.27. The van der Waals surface area contributed by atoms with Crippen LogP contribution >= 0.6 is 0 Å². The topological polar surface area (TPSA) is 63.4 Å². The summed E-state index contributed by atoms with van der Waals surface area (Å²) in [5.74, 6) is 3.05. The van der Waals surface area contributed by atoms with Crippen LogP contribution in [0.15, 0.2) is 29.1 Å². The fourth-order valence-electron chi connectivity index (χ4n) is 2.07. The molecule has 2 aromatic rings. The summed E-state index contributed by atoms with van der Waals surface area (Å²) in [5.41, 5.74) is 0. The van der Waals surface area contributed by atoms with Crippen LogP contribution in [0, 0.1) is 0 Å². The van der Waals surface area contributed by atoms with Crippen LogP contribution in [-0.2, 0) is 6.54 Å². The fourth-order valence-corrected chi connectivity index (χ4v) is 2.07. The molecular formula is C15H22N4O2. The number of ether oxygens (including phenoxy) is 1. The number of furan rings is 1. The van der Waals surface area contributed by atoms with Gasteiger partial charge in [0.05, 0.1) is 19.9 Å². The smallest absolute Gasteiger partial charge is 0.204 e. The van der Waals surface area contributed by atoms with Gasteiger partial charge in [0, 0.05) is 13.1 Å². The second-order valence-corrected chi connectivity index (χ2v) is 4.60. The zero-order chi connectivity index (χ0) is 15.1. The molecule has 0 fully saturated rings. The van der Waals surface area contributed by atoms with E-state index >= 15 is 0 Å². The second-order valence-electron chi connectivity index (χ2n) is 4.60. The van der Waals surface area contributed by atoms with Gasteiger partial charge in [0.25, 0.3) is 0 Å². The van der Waals surface area contributed by atoms with Crippen LogP contribution in [0.1, 0.15) is 26.0 Å². The summed E-state index contributed by atoms with van der Waals surface area (Å²) in [6, 6.07) is 3.83. The van der Waals surface area contributed by atoms with Gasteiger partial charge in [0.15, 0.2) is 11.6 Å². The molecule has 2 heterocycles. The van der Waals surface area contributed by atoms with E-state index in [-0.39, 0.29) is 0 Å². The van der Waals surface area contributed by atoms with Crippen molar-refractivity contribution in [3.8, 4) is 5.75 Å². The number of methoxy groups -OCH3 is 1. The Morgan fingerprint density at radius 2 is 2.19 bits per heavy atom. The standard InChI is InChI=1S/C15H22N4O2/c1-4-8-16-14-13(20-3)15(18-11-17-14)19(5-2)10-12-7-6-9-21-12/h6-7,9,11H,4-5,8,10H2,1-3H3,(H,16,17,18). The van der Waals surface area contributed by atoms with Crippen LogP contribution in [0.3, 0.4) is 0 Å². The summed E-state index contributed by atoms with van der Waals surface area (Å²) >= 11 is 0. The Kier molecular flexibility index (Phi) is 5.43. The zero-order valence-electron chi connectivity index (χ0n) is 12.8. The molecule has 0 unspecified atom stereocenters. The molecule has 6 nitrogen and oxygen atoms in total. The molecule has 6 heteroatoms. The molecule has 0 spiro atoms. The Labute approximate surface area is 125 Å². The molecule has 0 radical (unpaired) electrons. The van der Waals surface area contributed by atoms with Crippen molar-refractivity contribution in [3.63, 3.8) is 0 Å². The van der Waals surface area contributed by atoms with Crippen molar-refractivity contribution in [3.05, 3.63) is 30.5 Å². The summed E-state index contributed by atoms with van der Waals surface area (Å²) < 4.78 is 10.9. The SMILES string of the molecule is CCCNc1ncnc(N(CC)Cc2ccco2)c1OC. The monoisotopic (exact) mass is 290 g/mol. The number of nitrogens with one attached hydrogen (secondary N) is 1. The number of anilines is 2. The molecular weight excluding hydrogens is 268 g/mol. The molecule has 0 aliphatic rings. The van der Waals surface area contributed by atoms with Crippen molar-refractivity contribution >= 4 is 11.6 Å². The molecule has 0 aliphatic heterocycles. The van der Waals surface area contributed by atoms with Gasteiger partial charge < -0.3 is 19.4 Å². The first-order valence-electron chi connectivity index (χ1n) is 7.20. The van der Waals surface area contributed by atoms with Crippen molar-refractivity contribution in [2.45, 2.75) is 26.8 Å². The number of hydrogen-bond acceptors (Lipinski definition) is 6. The molecule has 114 valence electrons. The molecule has 0 aromatic carbocycles. The van der Waals surface area contributed by atoms with Crippen LogP contribution in [-0.4, -0.2) is 30.2 Å². The lowest BCUT2D eigenvalue weighted by atomic mass is 10.3. The zero-order valence-corrected chi connectivity index (χ0v) is 12.8. The van der Waals surface area contributed by atoms with Gasteiger partial charge in [-0.25, -0.2) is 9.97 Å². The van der Waals surface area contributed by atoms with Gasteiger partial charge in [0.2, 0.25) is 5.75 Å². The lowest BCUT2D eigenvalue weighted by Gasteiger charge is -2.23. The van der Waals surface area contributed by atoms with Gasteiger partial charge in [-0.2, -0.15) is 0 Å². The number of aromatic nitrogens is 2. The molecule has 2 rings (SSSR count). The highest BCUT2D eigenvalue weighted by atomic mass is 16.5. The van der Waals surface area contributed by atoms with E-state index in [1.165, 1.54) is 0 Å². The first kappa shape index (κ1) is 15.2. The average molecular weight is 290 g/mol. The van der Waals surface area contributed by atoms with Gasteiger partial charge in [-0.05, 0) is 25.5 Å². The molecule has 1 N–H and O–H groups in total. The van der Waals surface area contributed by atoms with Crippen LogP contribution in [0.4, 0.5) is 11.6 Å². The average Bonchev–Trinajstić information content (AvgIpc) is 3.03. The Hall–Kier alpha value is -2.24. The fraction of sp³-hybridized carbons (Fsp3) is 0.467. The van der Waals surface area contributed by atoms with Crippen LogP contribution in [0.25, 0.3) is 0 Å². The highest BCUT2D eigenvalue weighted by Gasteiger charge is 2.18. The minimum Gasteiger partial charge on any atom is -0.490 e. The molecule has 2 aromatic heterocycles. The maximum absolute atomic E-state index is 5.52. The van der Waals surface area contributed by atoms with E-state index < -0.39 is 0 Å². The maximum atomic E-state index is 5.52. The van der Waals surface area contributed by atoms with Crippen molar-refractivity contribution < 1.29 is 9.15 Å². The van der Waals surface area contributed by atoms with Gasteiger partial charge >= 0.3 is 0 Å². The third-order valence-corrected chi connectivity index (χ3v) is 3.14.